The number of carbonyl (C=O) groups excluding carboxylic acids is 1. The molecule has 1 saturated heterocycles. The van der Waals surface area contributed by atoms with Crippen LogP contribution in [0.1, 0.15) is 50.1 Å². The molecule has 2 aliphatic heterocycles. The Bertz CT molecular complexity index is 867. The van der Waals surface area contributed by atoms with E-state index in [9.17, 15) is 4.79 Å². The van der Waals surface area contributed by atoms with Crippen molar-refractivity contribution in [3.05, 3.63) is 35.3 Å². The van der Waals surface area contributed by atoms with E-state index in [0.717, 1.165) is 68.9 Å². The fraction of sp³-hybridized carbons (Fsp3) is 0.652. The largest absolute Gasteiger partial charge is 0.339 e. The summed E-state index contributed by atoms with van der Waals surface area (Å²) in [5, 5.41) is 13.0. The van der Waals surface area contributed by atoms with Crippen LogP contribution in [-0.4, -0.2) is 85.9 Å². The van der Waals surface area contributed by atoms with Crippen molar-refractivity contribution >= 4 is 5.91 Å². The normalized spacial score (nSPS) is 19.9. The van der Waals surface area contributed by atoms with Gasteiger partial charge in [-0.1, -0.05) is 20.3 Å². The summed E-state index contributed by atoms with van der Waals surface area (Å²) in [7, 11) is 0. The topological polar surface area (TPSA) is 70.4 Å². The molecule has 2 aromatic rings. The van der Waals surface area contributed by atoms with Crippen LogP contribution in [0.15, 0.2) is 18.3 Å². The minimum Gasteiger partial charge on any atom is -0.339 e. The lowest BCUT2D eigenvalue weighted by molar-refractivity contribution is -0.135. The molecule has 31 heavy (non-hydrogen) atoms. The third-order valence-electron chi connectivity index (χ3n) is 6.58. The van der Waals surface area contributed by atoms with Crippen molar-refractivity contribution in [3.63, 3.8) is 0 Å². The molecule has 0 N–H and O–H groups in total. The third-order valence-corrected chi connectivity index (χ3v) is 6.58. The first-order valence-corrected chi connectivity index (χ1v) is 11.8. The highest BCUT2D eigenvalue weighted by molar-refractivity contribution is 5.78. The molecule has 0 radical (unpaired) electrons. The lowest BCUT2D eigenvalue weighted by atomic mass is 9.91. The highest BCUT2D eigenvalue weighted by Gasteiger charge is 2.30. The van der Waals surface area contributed by atoms with Crippen LogP contribution in [0.3, 0.4) is 0 Å². The van der Waals surface area contributed by atoms with E-state index in [-0.39, 0.29) is 5.91 Å². The number of rotatable bonds is 4. The summed E-state index contributed by atoms with van der Waals surface area (Å²) in [6.45, 7) is 11.8. The number of piperazine rings is 1. The first-order chi connectivity index (χ1) is 15.2. The standard InChI is InChI=1S/C21H29N7O.C2H6/c1-16-5-6-20(23-22-16)28-13-17-7-8-25(14-19(17)24-28)15-21(29)27-11-9-26(10-12-27)18-3-2-4-18;1-2/h5-6,13,18H,2-4,7-12,14-15H2,1H3;1-2H3. The van der Waals surface area contributed by atoms with Gasteiger partial charge in [-0.15, -0.1) is 5.10 Å². The minimum absolute atomic E-state index is 0.255. The van der Waals surface area contributed by atoms with Crippen LogP contribution in [0.4, 0.5) is 0 Å². The molecule has 2 fully saturated rings. The minimum atomic E-state index is 0.255. The van der Waals surface area contributed by atoms with E-state index in [1.54, 1.807) is 0 Å². The molecule has 5 rings (SSSR count). The van der Waals surface area contributed by atoms with Gasteiger partial charge in [-0.2, -0.15) is 10.2 Å². The zero-order valence-electron chi connectivity index (χ0n) is 19.1. The molecule has 168 valence electrons. The van der Waals surface area contributed by atoms with E-state index in [1.165, 1.54) is 24.8 Å². The number of fused-ring (bicyclic) bond motifs is 1. The van der Waals surface area contributed by atoms with Crippen molar-refractivity contribution < 1.29 is 4.79 Å². The number of hydrogen-bond acceptors (Lipinski definition) is 6. The average molecular weight is 426 g/mol. The number of hydrogen-bond donors (Lipinski definition) is 0. The van der Waals surface area contributed by atoms with Crippen molar-refractivity contribution in [3.8, 4) is 5.82 Å². The number of aromatic nitrogens is 4. The predicted octanol–water partition coefficient (Wildman–Crippen LogP) is 2.05. The fourth-order valence-corrected chi connectivity index (χ4v) is 4.50. The molecule has 3 aliphatic rings. The quantitative estimate of drug-likeness (QED) is 0.747. The first kappa shape index (κ1) is 21.9. The van der Waals surface area contributed by atoms with Gasteiger partial charge < -0.3 is 4.90 Å². The maximum absolute atomic E-state index is 12.8. The molecule has 0 spiro atoms. The molecular weight excluding hydrogens is 390 g/mol. The summed E-state index contributed by atoms with van der Waals surface area (Å²) in [4.78, 5) is 19.7. The smallest absolute Gasteiger partial charge is 0.236 e. The summed E-state index contributed by atoms with van der Waals surface area (Å²) >= 11 is 0. The van der Waals surface area contributed by atoms with E-state index >= 15 is 0 Å². The van der Waals surface area contributed by atoms with Crippen molar-refractivity contribution in [2.75, 3.05) is 39.3 Å². The number of aryl methyl sites for hydroxylation is 1. The second-order valence-electron chi connectivity index (χ2n) is 8.54. The lowest BCUT2D eigenvalue weighted by Crippen LogP contribution is -2.55. The highest BCUT2D eigenvalue weighted by Crippen LogP contribution is 2.25. The van der Waals surface area contributed by atoms with Gasteiger partial charge in [-0.25, -0.2) is 4.68 Å². The van der Waals surface area contributed by atoms with Gasteiger partial charge in [0.25, 0.3) is 0 Å². The number of amides is 1. The van der Waals surface area contributed by atoms with Crippen LogP contribution in [0.25, 0.3) is 5.82 Å². The second kappa shape index (κ2) is 9.87. The van der Waals surface area contributed by atoms with Crippen LogP contribution in [0, 0.1) is 6.92 Å². The summed E-state index contributed by atoms with van der Waals surface area (Å²) in [6, 6.07) is 4.66. The highest BCUT2D eigenvalue weighted by atomic mass is 16.2. The Morgan fingerprint density at radius 2 is 1.84 bits per heavy atom. The molecule has 0 atom stereocenters. The molecule has 1 saturated carbocycles. The number of carbonyl (C=O) groups is 1. The Morgan fingerprint density at radius 3 is 2.48 bits per heavy atom. The van der Waals surface area contributed by atoms with Gasteiger partial charge in [0.15, 0.2) is 5.82 Å². The molecule has 0 unspecified atom stereocenters. The van der Waals surface area contributed by atoms with Crippen molar-refractivity contribution in [1.29, 1.82) is 0 Å². The molecule has 8 nitrogen and oxygen atoms in total. The molecule has 8 heteroatoms. The maximum Gasteiger partial charge on any atom is 0.236 e. The van der Waals surface area contributed by atoms with Crippen molar-refractivity contribution in [2.45, 2.75) is 59.0 Å². The molecule has 1 amide bonds. The predicted molar refractivity (Wildman–Crippen MR) is 120 cm³/mol. The van der Waals surface area contributed by atoms with Crippen LogP contribution in [-0.2, 0) is 17.8 Å². The number of nitrogens with zero attached hydrogens (tertiary/aromatic N) is 7. The summed E-state index contributed by atoms with van der Waals surface area (Å²) in [5.74, 6) is 0.988. The molecule has 0 aromatic carbocycles. The molecule has 4 heterocycles. The van der Waals surface area contributed by atoms with Crippen LogP contribution in [0.5, 0.6) is 0 Å². The zero-order chi connectivity index (χ0) is 21.8. The summed E-state index contributed by atoms with van der Waals surface area (Å²) in [6.07, 6.45) is 7.01. The molecular formula is C23H35N7O. The molecule has 1 aliphatic carbocycles. The van der Waals surface area contributed by atoms with Crippen molar-refractivity contribution in [1.82, 2.24) is 34.7 Å². The van der Waals surface area contributed by atoms with E-state index in [0.29, 0.717) is 6.54 Å². The van der Waals surface area contributed by atoms with Gasteiger partial charge in [0.05, 0.1) is 17.9 Å². The van der Waals surface area contributed by atoms with Gasteiger partial charge in [-0.3, -0.25) is 14.6 Å². The van der Waals surface area contributed by atoms with Gasteiger partial charge in [0.2, 0.25) is 5.91 Å². The van der Waals surface area contributed by atoms with Crippen LogP contribution >= 0.6 is 0 Å². The lowest BCUT2D eigenvalue weighted by Gasteiger charge is -2.43. The van der Waals surface area contributed by atoms with Gasteiger partial charge in [0, 0.05) is 51.5 Å². The Kier molecular flexibility index (Phi) is 6.97. The first-order valence-electron chi connectivity index (χ1n) is 11.8. The third kappa shape index (κ3) is 4.96. The maximum atomic E-state index is 12.8. The molecule has 2 aromatic heterocycles. The van der Waals surface area contributed by atoms with Crippen LogP contribution in [0.2, 0.25) is 0 Å². The summed E-state index contributed by atoms with van der Waals surface area (Å²) in [5.41, 5.74) is 3.18. The zero-order valence-corrected chi connectivity index (χ0v) is 19.1. The fourth-order valence-electron chi connectivity index (χ4n) is 4.50. The monoisotopic (exact) mass is 425 g/mol. The Balaban J connectivity index is 0.00000112. The van der Waals surface area contributed by atoms with Gasteiger partial charge in [-0.05, 0) is 43.9 Å². The Labute approximate surface area is 185 Å². The van der Waals surface area contributed by atoms with Gasteiger partial charge in [0.1, 0.15) is 0 Å². The van der Waals surface area contributed by atoms with E-state index in [2.05, 4.69) is 20.0 Å². The molecule has 0 bridgehead atoms. The van der Waals surface area contributed by atoms with Gasteiger partial charge >= 0.3 is 0 Å². The van der Waals surface area contributed by atoms with E-state index < -0.39 is 0 Å². The SMILES string of the molecule is CC.Cc1ccc(-n2cc3c(n2)CN(CC(=O)N2CCN(C4CCC4)CC2)CC3)nn1. The average Bonchev–Trinajstić information content (AvgIpc) is 3.18. The Morgan fingerprint density at radius 1 is 1.06 bits per heavy atom. The Hall–Kier alpha value is -2.32. The van der Waals surface area contributed by atoms with E-state index in [4.69, 9.17) is 5.10 Å². The van der Waals surface area contributed by atoms with Crippen molar-refractivity contribution in [2.24, 2.45) is 0 Å². The second-order valence-corrected chi connectivity index (χ2v) is 8.54. The van der Waals surface area contributed by atoms with E-state index in [1.807, 2.05) is 48.7 Å². The van der Waals surface area contributed by atoms with Crippen LogP contribution < -0.4 is 0 Å². The summed E-state index contributed by atoms with van der Waals surface area (Å²) < 4.78 is 1.81.